The second kappa shape index (κ2) is 7.63. The summed E-state index contributed by atoms with van der Waals surface area (Å²) < 4.78 is 65.9. The van der Waals surface area contributed by atoms with Gasteiger partial charge in [-0.1, -0.05) is 17.7 Å². The van der Waals surface area contributed by atoms with Gasteiger partial charge in [0, 0.05) is 43.8 Å². The minimum Gasteiger partial charge on any atom is -0.212 e. The Morgan fingerprint density at radius 3 is 2.71 bits per heavy atom. The Bertz CT molecular complexity index is 781. The van der Waals surface area contributed by atoms with E-state index in [0.717, 1.165) is 4.31 Å². The van der Waals surface area contributed by atoms with E-state index in [1.54, 1.807) is 0 Å². The fraction of sp³-hybridized carbons (Fsp3) is 0.538. The minimum atomic E-state index is -3.88. The molecule has 1 fully saturated rings. The highest BCUT2D eigenvalue weighted by atomic mass is 35.5. The summed E-state index contributed by atoms with van der Waals surface area (Å²) in [5, 5.41) is 0.139. The van der Waals surface area contributed by atoms with E-state index in [1.165, 1.54) is 29.6 Å². The van der Waals surface area contributed by atoms with E-state index in [-0.39, 0.29) is 36.0 Å². The Morgan fingerprint density at radius 2 is 2.12 bits per heavy atom. The molecule has 0 bridgehead atoms. The molecule has 11 heteroatoms. The van der Waals surface area contributed by atoms with Gasteiger partial charge in [0.15, 0.2) is 0 Å². The van der Waals surface area contributed by atoms with Crippen molar-refractivity contribution < 1.29 is 21.2 Å². The van der Waals surface area contributed by atoms with Crippen LogP contribution in [0.25, 0.3) is 0 Å². The van der Waals surface area contributed by atoms with Crippen LogP contribution in [-0.4, -0.2) is 57.9 Å². The van der Waals surface area contributed by atoms with Gasteiger partial charge in [0.25, 0.3) is 10.2 Å². The van der Waals surface area contributed by atoms with Crippen molar-refractivity contribution in [2.24, 2.45) is 0 Å². The van der Waals surface area contributed by atoms with Crippen LogP contribution in [0.2, 0.25) is 5.02 Å². The van der Waals surface area contributed by atoms with Crippen LogP contribution < -0.4 is 4.72 Å². The molecule has 1 aliphatic rings. The first-order chi connectivity index (χ1) is 11.1. The molecule has 1 aliphatic heterocycles. The molecular weight excluding hydrogens is 381 g/mol. The molecule has 0 atom stereocenters. The van der Waals surface area contributed by atoms with Gasteiger partial charge in [-0.2, -0.15) is 12.7 Å². The molecule has 1 saturated heterocycles. The molecule has 136 valence electrons. The number of hydrogen-bond donors (Lipinski definition) is 1. The third kappa shape index (κ3) is 4.64. The zero-order valence-corrected chi connectivity index (χ0v) is 15.5. The highest BCUT2D eigenvalue weighted by Crippen LogP contribution is 2.21. The fourth-order valence-electron chi connectivity index (χ4n) is 2.34. The quantitative estimate of drug-likeness (QED) is 0.734. The molecule has 24 heavy (non-hydrogen) atoms. The smallest absolute Gasteiger partial charge is 0.212 e. The van der Waals surface area contributed by atoms with Crippen LogP contribution in [0, 0.1) is 5.82 Å². The van der Waals surface area contributed by atoms with Crippen molar-refractivity contribution >= 4 is 31.8 Å². The van der Waals surface area contributed by atoms with Crippen molar-refractivity contribution in [3.63, 3.8) is 0 Å². The third-order valence-electron chi connectivity index (χ3n) is 3.70. The highest BCUT2D eigenvalue weighted by Gasteiger charge is 2.28. The van der Waals surface area contributed by atoms with E-state index in [1.807, 2.05) is 0 Å². The van der Waals surface area contributed by atoms with Gasteiger partial charge >= 0.3 is 0 Å². The maximum atomic E-state index is 13.7. The summed E-state index contributed by atoms with van der Waals surface area (Å²) in [6.07, 6.45) is 0.542. The lowest BCUT2D eigenvalue weighted by Crippen LogP contribution is -2.42. The van der Waals surface area contributed by atoms with Gasteiger partial charge in [0.05, 0.1) is 5.75 Å². The molecule has 1 N–H and O–H groups in total. The van der Waals surface area contributed by atoms with Gasteiger partial charge in [-0.3, -0.25) is 0 Å². The second-order valence-electron chi connectivity index (χ2n) is 5.42. The molecule has 7 nitrogen and oxygen atoms in total. The van der Waals surface area contributed by atoms with E-state index in [9.17, 15) is 21.2 Å². The normalized spacial score (nSPS) is 18.3. The largest absolute Gasteiger partial charge is 0.279 e. The van der Waals surface area contributed by atoms with Crippen molar-refractivity contribution in [1.82, 2.24) is 13.3 Å². The van der Waals surface area contributed by atoms with E-state index in [0.29, 0.717) is 13.0 Å². The van der Waals surface area contributed by atoms with Crippen LogP contribution in [-0.2, 0) is 26.8 Å². The molecule has 0 spiro atoms. The number of sulfonamides is 1. The average molecular weight is 400 g/mol. The number of nitrogens with one attached hydrogen (secondary N) is 1. The van der Waals surface area contributed by atoms with E-state index in [4.69, 9.17) is 11.6 Å². The summed E-state index contributed by atoms with van der Waals surface area (Å²) in [6.45, 7) is 0.167. The summed E-state index contributed by atoms with van der Waals surface area (Å²) in [6, 6.07) is 4.11. The maximum absolute atomic E-state index is 13.7. The van der Waals surface area contributed by atoms with Crippen LogP contribution in [0.3, 0.4) is 0 Å². The van der Waals surface area contributed by atoms with Crippen LogP contribution in [0.15, 0.2) is 18.2 Å². The van der Waals surface area contributed by atoms with Crippen molar-refractivity contribution in [1.29, 1.82) is 0 Å². The lowest BCUT2D eigenvalue weighted by molar-refractivity contribution is 0.425. The van der Waals surface area contributed by atoms with Gasteiger partial charge in [-0.25, -0.2) is 21.8 Å². The highest BCUT2D eigenvalue weighted by molar-refractivity contribution is 7.89. The van der Waals surface area contributed by atoms with E-state index < -0.39 is 26.0 Å². The summed E-state index contributed by atoms with van der Waals surface area (Å²) in [4.78, 5) is 0. The molecule has 1 heterocycles. The van der Waals surface area contributed by atoms with Gasteiger partial charge < -0.3 is 0 Å². The molecule has 1 aromatic carbocycles. The summed E-state index contributed by atoms with van der Waals surface area (Å²) in [7, 11) is -5.86. The minimum absolute atomic E-state index is 0.0586. The monoisotopic (exact) mass is 399 g/mol. The van der Waals surface area contributed by atoms with Gasteiger partial charge in [-0.15, -0.1) is 0 Å². The number of halogens is 2. The predicted octanol–water partition coefficient (Wildman–Crippen LogP) is 0.781. The molecule has 0 aromatic heterocycles. The van der Waals surface area contributed by atoms with Crippen LogP contribution in [0.1, 0.15) is 12.0 Å². The molecule has 0 saturated carbocycles. The van der Waals surface area contributed by atoms with Crippen molar-refractivity contribution in [2.75, 3.05) is 32.4 Å². The maximum Gasteiger partial charge on any atom is 0.279 e. The standard InChI is InChI=1S/C13H19ClFN3O4S2/c1-17(10-11-12(14)4-2-5-13(11)15)24(21,22)16-6-8-18-7-3-9-23(18,19)20/h2,4-5,16H,3,6-10H2,1H3. The Morgan fingerprint density at radius 1 is 1.42 bits per heavy atom. The first kappa shape index (κ1) is 19.5. The molecule has 0 aliphatic carbocycles. The zero-order valence-electron chi connectivity index (χ0n) is 13.1. The average Bonchev–Trinajstić information content (AvgIpc) is 2.81. The zero-order chi connectivity index (χ0) is 18.0. The van der Waals surface area contributed by atoms with Gasteiger partial charge in [0.2, 0.25) is 10.0 Å². The summed E-state index contributed by atoms with van der Waals surface area (Å²) in [5.74, 6) is -0.501. The first-order valence-corrected chi connectivity index (χ1v) is 10.7. The molecule has 0 radical (unpaired) electrons. The Labute approximate surface area is 146 Å². The molecular formula is C13H19ClFN3O4S2. The third-order valence-corrected chi connectivity index (χ3v) is 7.53. The number of rotatable bonds is 7. The first-order valence-electron chi connectivity index (χ1n) is 7.25. The summed E-state index contributed by atoms with van der Waals surface area (Å²) in [5.41, 5.74) is 0.0779. The molecule has 0 unspecified atom stereocenters. The van der Waals surface area contributed by atoms with Crippen LogP contribution >= 0.6 is 11.6 Å². The number of benzene rings is 1. The number of nitrogens with zero attached hydrogens (tertiary/aromatic N) is 2. The van der Waals surface area contributed by atoms with E-state index >= 15 is 0 Å². The topological polar surface area (TPSA) is 86.8 Å². The molecule has 1 aromatic rings. The number of hydrogen-bond acceptors (Lipinski definition) is 4. The lowest BCUT2D eigenvalue weighted by Gasteiger charge is -2.20. The lowest BCUT2D eigenvalue weighted by atomic mass is 10.2. The van der Waals surface area contributed by atoms with Gasteiger partial charge in [-0.05, 0) is 18.6 Å². The molecule has 0 amide bonds. The van der Waals surface area contributed by atoms with Crippen molar-refractivity contribution in [3.05, 3.63) is 34.6 Å². The van der Waals surface area contributed by atoms with E-state index in [2.05, 4.69) is 4.72 Å². The Balaban J connectivity index is 1.95. The Kier molecular flexibility index (Phi) is 6.21. The van der Waals surface area contributed by atoms with Gasteiger partial charge in [0.1, 0.15) is 5.82 Å². The SMILES string of the molecule is CN(Cc1c(F)cccc1Cl)S(=O)(=O)NCCN1CCCS1(=O)=O. The second-order valence-corrected chi connectivity index (χ2v) is 9.78. The van der Waals surface area contributed by atoms with Crippen molar-refractivity contribution in [2.45, 2.75) is 13.0 Å². The van der Waals surface area contributed by atoms with Crippen LogP contribution in [0.4, 0.5) is 4.39 Å². The van der Waals surface area contributed by atoms with Crippen LogP contribution in [0.5, 0.6) is 0 Å². The molecule has 2 rings (SSSR count). The fourth-order valence-corrected chi connectivity index (χ4v) is 4.96. The summed E-state index contributed by atoms with van der Waals surface area (Å²) >= 11 is 5.89. The Hall–Kier alpha value is -0.780. The predicted molar refractivity (Wildman–Crippen MR) is 89.8 cm³/mol. The van der Waals surface area contributed by atoms with Crippen molar-refractivity contribution in [3.8, 4) is 0 Å².